The van der Waals surface area contributed by atoms with Gasteiger partial charge in [-0.05, 0) is 72.4 Å². The number of aromatic nitrogens is 1. The molecule has 1 unspecified atom stereocenters. The van der Waals surface area contributed by atoms with Crippen LogP contribution in [0.15, 0.2) is 35.5 Å². The van der Waals surface area contributed by atoms with Crippen molar-refractivity contribution in [2.75, 3.05) is 13.1 Å². The Balaban J connectivity index is 1.83. The van der Waals surface area contributed by atoms with Gasteiger partial charge in [0.1, 0.15) is 11.2 Å². The lowest BCUT2D eigenvalue weighted by molar-refractivity contribution is -0.122. The highest BCUT2D eigenvalue weighted by Gasteiger charge is 2.21. The van der Waals surface area contributed by atoms with Crippen LogP contribution in [0.25, 0.3) is 10.9 Å². The van der Waals surface area contributed by atoms with E-state index < -0.39 is 29.4 Å². The van der Waals surface area contributed by atoms with Crippen LogP contribution in [-0.2, 0) is 27.7 Å². The quantitative estimate of drug-likeness (QED) is 0.234. The first-order valence-electron chi connectivity index (χ1n) is 12.8. The van der Waals surface area contributed by atoms with E-state index in [0.29, 0.717) is 32.4 Å². The van der Waals surface area contributed by atoms with Crippen molar-refractivity contribution in [3.8, 4) is 0 Å². The Labute approximate surface area is 224 Å². The second-order valence-corrected chi connectivity index (χ2v) is 11.1. The van der Waals surface area contributed by atoms with Crippen LogP contribution in [-0.4, -0.2) is 59.0 Å². The van der Waals surface area contributed by atoms with E-state index in [1.54, 1.807) is 41.5 Å². The van der Waals surface area contributed by atoms with Gasteiger partial charge in [-0.3, -0.25) is 20.4 Å². The van der Waals surface area contributed by atoms with E-state index in [1.165, 1.54) is 0 Å². The molecule has 0 fully saturated rings. The number of aliphatic imine (C=N–C) groups is 1. The number of para-hydroxylation sites is 1. The average molecular weight is 531 g/mol. The summed E-state index contributed by atoms with van der Waals surface area (Å²) in [5, 5.41) is 8.83. The molecule has 1 aromatic carbocycles. The maximum atomic E-state index is 12.5. The number of guanidine groups is 1. The van der Waals surface area contributed by atoms with Gasteiger partial charge in [0.2, 0.25) is 11.9 Å². The van der Waals surface area contributed by atoms with Gasteiger partial charge in [-0.25, -0.2) is 9.59 Å². The fraction of sp³-hybridized carbons (Fsp3) is 0.556. The molecule has 0 spiro atoms. The van der Waals surface area contributed by atoms with Crippen molar-refractivity contribution in [1.29, 1.82) is 0 Å². The number of carbonyl (C=O) groups is 3. The molecule has 5 N–H and O–H groups in total. The zero-order valence-electron chi connectivity index (χ0n) is 23.5. The summed E-state index contributed by atoms with van der Waals surface area (Å²) in [6.07, 6.45) is 2.16. The number of nitrogens with two attached hydrogens (primary N) is 1. The van der Waals surface area contributed by atoms with Gasteiger partial charge in [0, 0.05) is 37.2 Å². The van der Waals surface area contributed by atoms with Gasteiger partial charge in [-0.15, -0.1) is 0 Å². The maximum absolute atomic E-state index is 12.5. The fourth-order valence-corrected chi connectivity index (χ4v) is 3.60. The number of ether oxygens (including phenoxy) is 2. The molecule has 0 aliphatic carbocycles. The van der Waals surface area contributed by atoms with Crippen molar-refractivity contribution in [2.45, 2.75) is 78.0 Å². The van der Waals surface area contributed by atoms with Crippen molar-refractivity contribution in [3.05, 3.63) is 36.0 Å². The second kappa shape index (κ2) is 13.3. The lowest BCUT2D eigenvalue weighted by Crippen LogP contribution is -2.47. The number of fused-ring (bicyclic) bond motifs is 1. The molecule has 210 valence electrons. The van der Waals surface area contributed by atoms with E-state index in [2.05, 4.69) is 20.9 Å². The van der Waals surface area contributed by atoms with Crippen LogP contribution in [0.4, 0.5) is 9.59 Å². The van der Waals surface area contributed by atoms with Crippen LogP contribution in [0, 0.1) is 0 Å². The molecule has 0 saturated heterocycles. The number of carbonyl (C=O) groups excluding carboxylic acids is 3. The molecule has 0 saturated carbocycles. The number of hydrogen-bond donors (Lipinski definition) is 4. The zero-order valence-corrected chi connectivity index (χ0v) is 23.5. The Bertz CT molecular complexity index is 1110. The number of aryl methyl sites for hydroxylation is 1. The van der Waals surface area contributed by atoms with Gasteiger partial charge >= 0.3 is 12.2 Å². The van der Waals surface area contributed by atoms with Crippen molar-refractivity contribution >= 4 is 35.0 Å². The molecule has 1 heterocycles. The van der Waals surface area contributed by atoms with Crippen molar-refractivity contribution in [1.82, 2.24) is 20.5 Å². The third-order valence-electron chi connectivity index (χ3n) is 5.15. The Morgan fingerprint density at radius 3 is 2.13 bits per heavy atom. The molecule has 11 heteroatoms. The Morgan fingerprint density at radius 1 is 0.974 bits per heavy atom. The Hall–Kier alpha value is -3.60. The molecule has 0 radical (unpaired) electrons. The van der Waals surface area contributed by atoms with Crippen molar-refractivity contribution < 1.29 is 23.9 Å². The normalized spacial score (nSPS) is 12.4. The number of rotatable bonds is 8. The van der Waals surface area contributed by atoms with Gasteiger partial charge in [-0.1, -0.05) is 18.2 Å². The zero-order chi connectivity index (χ0) is 28.5. The monoisotopic (exact) mass is 530 g/mol. The van der Waals surface area contributed by atoms with Crippen LogP contribution in [0.1, 0.15) is 59.9 Å². The average Bonchev–Trinajstić information content (AvgIpc) is 3.08. The molecule has 3 amide bonds. The molecule has 2 rings (SSSR count). The van der Waals surface area contributed by atoms with Crippen LogP contribution >= 0.6 is 0 Å². The first-order chi connectivity index (χ1) is 17.6. The minimum Gasteiger partial charge on any atom is -0.444 e. The largest absolute Gasteiger partial charge is 0.444 e. The molecule has 1 atom stereocenters. The summed E-state index contributed by atoms with van der Waals surface area (Å²) in [6, 6.07) is 7.34. The SMILES string of the molecule is Cn1cc(CC(N)C(=O)NCCCCN=C(NC(=O)OC(C)(C)C)NC(=O)OC(C)(C)C)c2ccccc21. The molecule has 11 nitrogen and oxygen atoms in total. The van der Waals surface area contributed by atoms with E-state index >= 15 is 0 Å². The predicted molar refractivity (Wildman–Crippen MR) is 148 cm³/mol. The number of alkyl carbamates (subject to hydrolysis) is 2. The van der Waals surface area contributed by atoms with Gasteiger partial charge in [0.15, 0.2) is 0 Å². The number of unbranched alkanes of at least 4 members (excludes halogenated alkanes) is 1. The third kappa shape index (κ3) is 10.8. The van der Waals surface area contributed by atoms with Gasteiger partial charge in [0.05, 0.1) is 6.04 Å². The fourth-order valence-electron chi connectivity index (χ4n) is 3.60. The number of nitrogens with zero attached hydrogens (tertiary/aromatic N) is 2. The summed E-state index contributed by atoms with van der Waals surface area (Å²) in [7, 11) is 1.97. The molecule has 0 aliphatic heterocycles. The van der Waals surface area contributed by atoms with E-state index in [1.807, 2.05) is 42.1 Å². The highest BCUT2D eigenvalue weighted by molar-refractivity contribution is 6.01. The number of benzene rings is 1. The summed E-state index contributed by atoms with van der Waals surface area (Å²) >= 11 is 0. The van der Waals surface area contributed by atoms with Gasteiger partial charge < -0.3 is 25.1 Å². The number of nitrogens with one attached hydrogen (secondary N) is 3. The van der Waals surface area contributed by atoms with Crippen LogP contribution < -0.4 is 21.7 Å². The second-order valence-electron chi connectivity index (χ2n) is 11.1. The number of hydrogen-bond acceptors (Lipinski definition) is 7. The minimum atomic E-state index is -0.750. The molecule has 38 heavy (non-hydrogen) atoms. The number of amides is 3. The molecule has 1 aromatic heterocycles. The smallest absolute Gasteiger partial charge is 0.414 e. The summed E-state index contributed by atoms with van der Waals surface area (Å²) < 4.78 is 12.5. The molecular weight excluding hydrogens is 488 g/mol. The topological polar surface area (TPSA) is 149 Å². The summed E-state index contributed by atoms with van der Waals surface area (Å²) in [5.74, 6) is -0.296. The van der Waals surface area contributed by atoms with Crippen molar-refractivity contribution in [3.63, 3.8) is 0 Å². The standard InChI is InChI=1S/C27H42N6O5/c1-26(2,3)37-24(35)31-23(32-25(36)38-27(4,5)6)30-15-11-10-14-29-22(34)20(28)16-18-17-33(7)21-13-9-8-12-19(18)21/h8-9,12-13,17,20H,10-11,14-16,28H2,1-7H3,(H,29,34)(H2,30,31,32,35,36). The lowest BCUT2D eigenvalue weighted by atomic mass is 10.1. The maximum Gasteiger partial charge on any atom is 0.414 e. The third-order valence-corrected chi connectivity index (χ3v) is 5.15. The highest BCUT2D eigenvalue weighted by Crippen LogP contribution is 2.21. The van der Waals surface area contributed by atoms with Crippen LogP contribution in [0.2, 0.25) is 0 Å². The van der Waals surface area contributed by atoms with E-state index in [-0.39, 0.29) is 11.9 Å². The predicted octanol–water partition coefficient (Wildman–Crippen LogP) is 3.35. The highest BCUT2D eigenvalue weighted by atomic mass is 16.6. The van der Waals surface area contributed by atoms with Gasteiger partial charge in [0.25, 0.3) is 0 Å². The Morgan fingerprint density at radius 2 is 1.55 bits per heavy atom. The van der Waals surface area contributed by atoms with E-state index in [4.69, 9.17) is 15.2 Å². The first kappa shape index (κ1) is 30.6. The first-order valence-corrected chi connectivity index (χ1v) is 12.8. The Kier molecular flexibility index (Phi) is 10.7. The van der Waals surface area contributed by atoms with Crippen LogP contribution in [0.3, 0.4) is 0 Å². The molecule has 2 aromatic rings. The molecule has 0 aliphatic rings. The van der Waals surface area contributed by atoms with Crippen molar-refractivity contribution in [2.24, 2.45) is 17.8 Å². The lowest BCUT2D eigenvalue weighted by Gasteiger charge is -2.22. The van der Waals surface area contributed by atoms with Crippen LogP contribution in [0.5, 0.6) is 0 Å². The summed E-state index contributed by atoms with van der Waals surface area (Å²) in [5.41, 5.74) is 6.86. The van der Waals surface area contributed by atoms with Gasteiger partial charge in [-0.2, -0.15) is 0 Å². The van der Waals surface area contributed by atoms with E-state index in [9.17, 15) is 14.4 Å². The minimum absolute atomic E-state index is 0.0744. The molecule has 0 bridgehead atoms. The van der Waals surface area contributed by atoms with E-state index in [0.717, 1.165) is 16.5 Å². The molecular formula is C27H42N6O5. The summed E-state index contributed by atoms with van der Waals surface area (Å²) in [6.45, 7) is 11.1. The summed E-state index contributed by atoms with van der Waals surface area (Å²) in [4.78, 5) is 41.1.